The average Bonchev–Trinajstić information content (AvgIpc) is 3.27. The predicted molar refractivity (Wildman–Crippen MR) is 98.1 cm³/mol. The topological polar surface area (TPSA) is 132 Å². The van der Waals surface area contributed by atoms with Crippen molar-refractivity contribution in [1.82, 2.24) is 15.2 Å². The molecule has 4 N–H and O–H groups in total. The van der Waals surface area contributed by atoms with Crippen molar-refractivity contribution in [3.05, 3.63) is 58.4 Å². The standard InChI is InChI=1S/C19H11N3O5/c23-12-6-5-10-14-17(27-16(10)15(12)24)13(11-7-20-22-18(11)21-14)8-1-3-9(4-2-8)19(25)26/h1-7,24H,(H,25,26)(H2,20,21,22). The average molecular weight is 361 g/mol. The van der Waals surface area contributed by atoms with Crippen LogP contribution in [0.4, 0.5) is 0 Å². The first-order valence-electron chi connectivity index (χ1n) is 8.02. The van der Waals surface area contributed by atoms with Crippen LogP contribution in [0.2, 0.25) is 0 Å². The third-order valence-corrected chi connectivity index (χ3v) is 4.57. The summed E-state index contributed by atoms with van der Waals surface area (Å²) >= 11 is 0. The van der Waals surface area contributed by atoms with Crippen LogP contribution in [0.3, 0.4) is 0 Å². The number of aromatic hydroxyl groups is 1. The number of nitrogens with one attached hydrogen (secondary N) is 2. The molecule has 0 spiro atoms. The van der Waals surface area contributed by atoms with Crippen LogP contribution in [0.1, 0.15) is 10.4 Å². The fourth-order valence-corrected chi connectivity index (χ4v) is 3.29. The first-order chi connectivity index (χ1) is 13.0. The van der Waals surface area contributed by atoms with E-state index in [0.29, 0.717) is 33.3 Å². The molecule has 0 aliphatic heterocycles. The van der Waals surface area contributed by atoms with E-state index in [1.165, 1.54) is 18.2 Å². The van der Waals surface area contributed by atoms with Crippen molar-refractivity contribution in [3.8, 4) is 16.9 Å². The molecule has 8 nitrogen and oxygen atoms in total. The van der Waals surface area contributed by atoms with Gasteiger partial charge in [0.15, 0.2) is 16.8 Å². The van der Waals surface area contributed by atoms with Gasteiger partial charge < -0.3 is 19.7 Å². The van der Waals surface area contributed by atoms with Crippen molar-refractivity contribution >= 4 is 39.1 Å². The van der Waals surface area contributed by atoms with Gasteiger partial charge in [-0.3, -0.25) is 9.89 Å². The number of nitrogens with zero attached hydrogens (tertiary/aromatic N) is 1. The molecule has 132 valence electrons. The number of fused-ring (bicyclic) bond motifs is 4. The molecule has 0 fully saturated rings. The fraction of sp³-hybridized carbons (Fsp3) is 0. The smallest absolute Gasteiger partial charge is 0.335 e. The molecule has 3 heterocycles. The molecule has 0 saturated heterocycles. The molecule has 27 heavy (non-hydrogen) atoms. The molecule has 0 saturated carbocycles. The van der Waals surface area contributed by atoms with Gasteiger partial charge >= 0.3 is 5.97 Å². The maximum atomic E-state index is 11.8. The lowest BCUT2D eigenvalue weighted by molar-refractivity contribution is 0.0697. The Morgan fingerprint density at radius 1 is 1.04 bits per heavy atom. The summed E-state index contributed by atoms with van der Waals surface area (Å²) in [6, 6.07) is 9.18. The summed E-state index contributed by atoms with van der Waals surface area (Å²) in [5.74, 6) is -1.48. The molecule has 3 aromatic heterocycles. The van der Waals surface area contributed by atoms with E-state index in [0.717, 1.165) is 5.39 Å². The van der Waals surface area contributed by atoms with Crippen molar-refractivity contribution < 1.29 is 19.4 Å². The second-order valence-corrected chi connectivity index (χ2v) is 6.11. The lowest BCUT2D eigenvalue weighted by atomic mass is 10.0. The van der Waals surface area contributed by atoms with E-state index in [9.17, 15) is 14.7 Å². The highest BCUT2D eigenvalue weighted by Gasteiger charge is 2.21. The second kappa shape index (κ2) is 5.21. The molecule has 0 aliphatic rings. The second-order valence-electron chi connectivity index (χ2n) is 6.11. The maximum Gasteiger partial charge on any atom is 0.335 e. The Hall–Kier alpha value is -4.07. The monoisotopic (exact) mass is 361 g/mol. The van der Waals surface area contributed by atoms with Crippen molar-refractivity contribution in [2.75, 3.05) is 0 Å². The first-order valence-corrected chi connectivity index (χ1v) is 8.02. The van der Waals surface area contributed by atoms with E-state index >= 15 is 0 Å². The van der Waals surface area contributed by atoms with E-state index in [-0.39, 0.29) is 11.1 Å². The Kier molecular flexibility index (Phi) is 2.94. The van der Waals surface area contributed by atoms with Crippen LogP contribution in [0.15, 0.2) is 51.8 Å². The van der Waals surface area contributed by atoms with E-state index in [4.69, 9.17) is 9.52 Å². The Bertz CT molecular complexity index is 1420. The molecule has 8 heteroatoms. The third kappa shape index (κ3) is 2.07. The van der Waals surface area contributed by atoms with Gasteiger partial charge in [-0.25, -0.2) is 9.78 Å². The largest absolute Gasteiger partial charge is 0.502 e. The predicted octanol–water partition coefficient (Wildman–Crippen LogP) is 3.22. The minimum Gasteiger partial charge on any atom is -0.502 e. The highest BCUT2D eigenvalue weighted by Crippen LogP contribution is 2.40. The number of hydrogen-bond acceptors (Lipinski definition) is 5. The van der Waals surface area contributed by atoms with Crippen LogP contribution in [0.25, 0.3) is 44.2 Å². The molecule has 0 aliphatic carbocycles. The zero-order valence-electron chi connectivity index (χ0n) is 13.6. The number of aromatic amines is 2. The number of rotatable bonds is 2. The number of pyridine rings is 1. The van der Waals surface area contributed by atoms with Crippen LogP contribution in [-0.2, 0) is 0 Å². The minimum absolute atomic E-state index is 0.0741. The Labute approximate surface area is 149 Å². The molecule has 0 bridgehead atoms. The van der Waals surface area contributed by atoms with Crippen LogP contribution >= 0.6 is 0 Å². The number of aromatic nitrogens is 3. The molecule has 5 rings (SSSR count). The molecule has 0 amide bonds. The quantitative estimate of drug-likeness (QED) is 0.382. The van der Waals surface area contributed by atoms with Gasteiger partial charge in [0.05, 0.1) is 10.9 Å². The number of carbonyl (C=O) groups is 1. The van der Waals surface area contributed by atoms with E-state index in [1.54, 1.807) is 24.4 Å². The first kappa shape index (κ1) is 15.2. The lowest BCUT2D eigenvalue weighted by Gasteiger charge is -2.05. The molecule has 5 aromatic rings. The maximum absolute atomic E-state index is 11.8. The number of phenols is 1. The highest BCUT2D eigenvalue weighted by atomic mass is 16.4. The summed E-state index contributed by atoms with van der Waals surface area (Å²) in [6.07, 6.45) is 1.72. The summed E-state index contributed by atoms with van der Waals surface area (Å²) in [4.78, 5) is 27.4. The normalized spacial score (nSPS) is 11.6. The zero-order valence-corrected chi connectivity index (χ0v) is 13.6. The summed E-state index contributed by atoms with van der Waals surface area (Å²) in [5.41, 5.74) is 2.54. The molecule has 0 atom stereocenters. The molecular formula is C19H11N3O5. The van der Waals surface area contributed by atoms with E-state index in [2.05, 4.69) is 15.2 Å². The van der Waals surface area contributed by atoms with Crippen LogP contribution in [0, 0.1) is 0 Å². The van der Waals surface area contributed by atoms with E-state index < -0.39 is 17.1 Å². The summed E-state index contributed by atoms with van der Waals surface area (Å²) in [5, 5.41) is 26.3. The van der Waals surface area contributed by atoms with Crippen LogP contribution in [0.5, 0.6) is 5.75 Å². The summed E-state index contributed by atoms with van der Waals surface area (Å²) < 4.78 is 5.85. The van der Waals surface area contributed by atoms with Crippen molar-refractivity contribution in [3.63, 3.8) is 0 Å². The molecule has 0 unspecified atom stereocenters. The molecule has 2 aromatic carbocycles. The van der Waals surface area contributed by atoms with Gasteiger partial charge in [-0.1, -0.05) is 12.1 Å². The number of carboxylic acids is 1. The number of H-pyrrole nitrogens is 2. The minimum atomic E-state index is -1.02. The van der Waals surface area contributed by atoms with Gasteiger partial charge in [0.1, 0.15) is 5.52 Å². The zero-order chi connectivity index (χ0) is 18.7. The number of carboxylic acid groups (broad SMARTS) is 1. The van der Waals surface area contributed by atoms with Gasteiger partial charge in [-0.15, -0.1) is 0 Å². The lowest BCUT2D eigenvalue weighted by Crippen LogP contribution is -1.95. The van der Waals surface area contributed by atoms with E-state index in [1.807, 2.05) is 0 Å². The Morgan fingerprint density at radius 3 is 2.56 bits per heavy atom. The van der Waals surface area contributed by atoms with Gasteiger partial charge in [-0.05, 0) is 29.8 Å². The number of phenolic OH excluding ortho intramolecular Hbond substituents is 1. The third-order valence-electron chi connectivity index (χ3n) is 4.57. The number of aromatic carboxylic acids is 1. The number of benzene rings is 2. The SMILES string of the molecule is O=C(O)c1ccc(-c2c3c[nH][nH]c3nc3c2oc2c(O)c(=O)ccc23)cc1. The van der Waals surface area contributed by atoms with Gasteiger partial charge in [0, 0.05) is 17.1 Å². The molecule has 0 radical (unpaired) electrons. The summed E-state index contributed by atoms with van der Waals surface area (Å²) in [7, 11) is 0. The fourth-order valence-electron chi connectivity index (χ4n) is 3.29. The molecular weight excluding hydrogens is 350 g/mol. The number of hydrogen-bond donors (Lipinski definition) is 4. The highest BCUT2D eigenvalue weighted by molar-refractivity contribution is 6.15. The Morgan fingerprint density at radius 2 is 1.81 bits per heavy atom. The van der Waals surface area contributed by atoms with Crippen molar-refractivity contribution in [1.29, 1.82) is 0 Å². The van der Waals surface area contributed by atoms with Crippen molar-refractivity contribution in [2.45, 2.75) is 0 Å². The van der Waals surface area contributed by atoms with Gasteiger partial charge in [0.2, 0.25) is 11.2 Å². The Balaban J connectivity index is 1.93. The number of furan rings is 1. The van der Waals surface area contributed by atoms with Crippen LogP contribution in [-0.4, -0.2) is 31.4 Å². The summed E-state index contributed by atoms with van der Waals surface area (Å²) in [6.45, 7) is 0. The van der Waals surface area contributed by atoms with Gasteiger partial charge in [0.25, 0.3) is 0 Å². The van der Waals surface area contributed by atoms with Crippen LogP contribution < -0.4 is 5.43 Å². The van der Waals surface area contributed by atoms with Crippen molar-refractivity contribution in [2.24, 2.45) is 0 Å². The van der Waals surface area contributed by atoms with Gasteiger partial charge in [-0.2, -0.15) is 0 Å².